The molecule has 0 fully saturated rings. The van der Waals surface area contributed by atoms with E-state index in [0.29, 0.717) is 0 Å². The number of carbonyl (C=O) groups excluding carboxylic acids is 2. The second-order valence-corrected chi connectivity index (χ2v) is 4.04. The van der Waals surface area contributed by atoms with Crippen LogP contribution in [0.4, 0.5) is 4.39 Å². The van der Waals surface area contributed by atoms with Gasteiger partial charge in [-0.15, -0.1) is 0 Å². The molecule has 0 aromatic heterocycles. The molecule has 0 N–H and O–H groups in total. The van der Waals surface area contributed by atoms with Crippen LogP contribution in [0, 0.1) is 5.82 Å². The predicted molar refractivity (Wildman–Crippen MR) is 67.4 cm³/mol. The largest absolute Gasteiger partial charge is 0.465 e. The van der Waals surface area contributed by atoms with E-state index in [1.54, 1.807) is 13.8 Å². The van der Waals surface area contributed by atoms with Crippen molar-refractivity contribution in [2.45, 2.75) is 19.8 Å². The predicted octanol–water partition coefficient (Wildman–Crippen LogP) is 2.69. The van der Waals surface area contributed by atoms with Crippen molar-refractivity contribution in [3.05, 3.63) is 34.6 Å². The topological polar surface area (TPSA) is 52.6 Å². The molecule has 104 valence electrons. The van der Waals surface area contributed by atoms with E-state index >= 15 is 0 Å². The van der Waals surface area contributed by atoms with Gasteiger partial charge in [0.1, 0.15) is 5.82 Å². The Balaban J connectivity index is 3.14. The summed E-state index contributed by atoms with van der Waals surface area (Å²) in [5, 5.41) is 0.174. The van der Waals surface area contributed by atoms with Gasteiger partial charge in [0.05, 0.1) is 13.2 Å². The van der Waals surface area contributed by atoms with E-state index in [4.69, 9.17) is 21.1 Å². The first-order valence-corrected chi connectivity index (χ1v) is 6.17. The Bertz CT molecular complexity index is 458. The first kappa shape index (κ1) is 15.4. The third kappa shape index (κ3) is 3.92. The van der Waals surface area contributed by atoms with Gasteiger partial charge in [0.2, 0.25) is 0 Å². The van der Waals surface area contributed by atoms with Crippen LogP contribution >= 0.6 is 11.6 Å². The zero-order chi connectivity index (χ0) is 14.4. The maximum Gasteiger partial charge on any atom is 0.324 e. The van der Waals surface area contributed by atoms with Crippen LogP contribution in [-0.2, 0) is 19.1 Å². The molecule has 0 atom stereocenters. The zero-order valence-corrected chi connectivity index (χ0v) is 11.4. The molecular formula is C13H14ClFO4. The summed E-state index contributed by atoms with van der Waals surface area (Å²) in [6, 6.07) is 3.70. The van der Waals surface area contributed by atoms with Gasteiger partial charge < -0.3 is 9.47 Å². The van der Waals surface area contributed by atoms with Crippen molar-refractivity contribution in [2.24, 2.45) is 0 Å². The quantitative estimate of drug-likeness (QED) is 0.617. The lowest BCUT2D eigenvalue weighted by atomic mass is 9.99. The van der Waals surface area contributed by atoms with Gasteiger partial charge >= 0.3 is 11.9 Å². The number of ether oxygens (including phenoxy) is 2. The van der Waals surface area contributed by atoms with Gasteiger partial charge in [-0.3, -0.25) is 9.59 Å². The van der Waals surface area contributed by atoms with Gasteiger partial charge in [0.15, 0.2) is 5.92 Å². The van der Waals surface area contributed by atoms with Crippen molar-refractivity contribution >= 4 is 23.5 Å². The van der Waals surface area contributed by atoms with Crippen molar-refractivity contribution in [3.63, 3.8) is 0 Å². The molecule has 19 heavy (non-hydrogen) atoms. The maximum atomic E-state index is 13.8. The molecule has 1 rings (SSSR count). The van der Waals surface area contributed by atoms with Crippen LogP contribution in [0.25, 0.3) is 0 Å². The van der Waals surface area contributed by atoms with Gasteiger partial charge in [0, 0.05) is 10.6 Å². The molecule has 6 heteroatoms. The summed E-state index contributed by atoms with van der Waals surface area (Å²) >= 11 is 5.63. The molecule has 0 saturated heterocycles. The summed E-state index contributed by atoms with van der Waals surface area (Å²) in [5.41, 5.74) is -0.110. The van der Waals surface area contributed by atoms with Crippen molar-refractivity contribution in [1.82, 2.24) is 0 Å². The normalized spacial score (nSPS) is 10.4. The number of esters is 2. The lowest BCUT2D eigenvalue weighted by molar-refractivity contribution is -0.157. The summed E-state index contributed by atoms with van der Waals surface area (Å²) < 4.78 is 23.3. The molecule has 0 saturated carbocycles. The van der Waals surface area contributed by atoms with Crippen LogP contribution in [-0.4, -0.2) is 25.2 Å². The van der Waals surface area contributed by atoms with E-state index in [0.717, 1.165) is 6.07 Å². The Kier molecular flexibility index (Phi) is 5.76. The summed E-state index contributed by atoms with van der Waals surface area (Å²) in [6.45, 7) is 3.37. The van der Waals surface area contributed by atoms with E-state index in [1.807, 2.05) is 0 Å². The van der Waals surface area contributed by atoms with Crippen molar-refractivity contribution in [3.8, 4) is 0 Å². The van der Waals surface area contributed by atoms with E-state index in [1.165, 1.54) is 12.1 Å². The Hall–Kier alpha value is -1.62. The molecule has 4 nitrogen and oxygen atoms in total. The highest BCUT2D eigenvalue weighted by Gasteiger charge is 2.33. The van der Waals surface area contributed by atoms with Crippen LogP contribution in [0.15, 0.2) is 18.2 Å². The molecule has 0 bridgehead atoms. The molecule has 0 amide bonds. The Morgan fingerprint density at radius 3 is 2.16 bits per heavy atom. The van der Waals surface area contributed by atoms with Crippen molar-refractivity contribution in [2.75, 3.05) is 13.2 Å². The summed E-state index contributed by atoms with van der Waals surface area (Å²) in [4.78, 5) is 23.5. The number of rotatable bonds is 5. The van der Waals surface area contributed by atoms with Gasteiger partial charge in [-0.1, -0.05) is 17.7 Å². The average Bonchev–Trinajstić information content (AvgIpc) is 2.33. The molecule has 0 unspecified atom stereocenters. The minimum absolute atomic E-state index is 0.0872. The second kappa shape index (κ2) is 7.09. The van der Waals surface area contributed by atoms with Gasteiger partial charge in [-0.05, 0) is 26.0 Å². The lowest BCUT2D eigenvalue weighted by Crippen LogP contribution is -2.27. The molecule has 1 aromatic rings. The smallest absolute Gasteiger partial charge is 0.324 e. The van der Waals surface area contributed by atoms with Crippen LogP contribution in [0.2, 0.25) is 5.02 Å². The molecule has 0 aliphatic heterocycles. The summed E-state index contributed by atoms with van der Waals surface area (Å²) in [5.74, 6) is -3.87. The van der Waals surface area contributed by atoms with Crippen molar-refractivity contribution < 1.29 is 23.5 Å². The Morgan fingerprint density at radius 2 is 1.74 bits per heavy atom. The standard InChI is InChI=1S/C13H14ClFO4/c1-3-18-12(16)11(13(17)19-4-2)9-6-5-8(14)7-10(9)15/h5-7,11H,3-4H2,1-2H3. The third-order valence-electron chi connectivity index (χ3n) is 2.32. The SMILES string of the molecule is CCOC(=O)C(C(=O)OCC)c1ccc(Cl)cc1F. The number of halogens is 2. The highest BCUT2D eigenvalue weighted by Crippen LogP contribution is 2.25. The van der Waals surface area contributed by atoms with Gasteiger partial charge in [-0.2, -0.15) is 0 Å². The molecule has 0 heterocycles. The summed E-state index contributed by atoms with van der Waals surface area (Å²) in [7, 11) is 0. The van der Waals surface area contributed by atoms with Gasteiger partial charge in [-0.25, -0.2) is 4.39 Å². The van der Waals surface area contributed by atoms with Gasteiger partial charge in [0.25, 0.3) is 0 Å². The lowest BCUT2D eigenvalue weighted by Gasteiger charge is -2.15. The van der Waals surface area contributed by atoms with E-state index in [-0.39, 0.29) is 23.8 Å². The first-order valence-electron chi connectivity index (χ1n) is 5.79. The number of hydrogen-bond donors (Lipinski definition) is 0. The van der Waals surface area contributed by atoms with E-state index in [9.17, 15) is 14.0 Å². The fourth-order valence-corrected chi connectivity index (χ4v) is 1.70. The molecule has 0 radical (unpaired) electrons. The van der Waals surface area contributed by atoms with Crippen LogP contribution in [0.3, 0.4) is 0 Å². The van der Waals surface area contributed by atoms with E-state index in [2.05, 4.69) is 0 Å². The average molecular weight is 289 g/mol. The van der Waals surface area contributed by atoms with Crippen LogP contribution < -0.4 is 0 Å². The first-order chi connectivity index (χ1) is 9.01. The Labute approximate surface area is 115 Å². The fraction of sp³-hybridized carbons (Fsp3) is 0.385. The van der Waals surface area contributed by atoms with E-state index < -0.39 is 23.7 Å². The monoisotopic (exact) mass is 288 g/mol. The molecule has 0 aliphatic rings. The molecule has 0 spiro atoms. The second-order valence-electron chi connectivity index (χ2n) is 3.60. The van der Waals surface area contributed by atoms with Crippen LogP contribution in [0.5, 0.6) is 0 Å². The number of benzene rings is 1. The molecule has 1 aromatic carbocycles. The maximum absolute atomic E-state index is 13.8. The molecule has 0 aliphatic carbocycles. The number of hydrogen-bond acceptors (Lipinski definition) is 4. The zero-order valence-electron chi connectivity index (χ0n) is 10.6. The third-order valence-corrected chi connectivity index (χ3v) is 2.55. The highest BCUT2D eigenvalue weighted by molar-refractivity contribution is 6.30. The van der Waals surface area contributed by atoms with Crippen LogP contribution in [0.1, 0.15) is 25.3 Å². The Morgan fingerprint density at radius 1 is 1.21 bits per heavy atom. The summed E-state index contributed by atoms with van der Waals surface area (Å²) in [6.07, 6.45) is 0. The fourth-order valence-electron chi connectivity index (χ4n) is 1.54. The van der Waals surface area contributed by atoms with Crippen molar-refractivity contribution in [1.29, 1.82) is 0 Å². The minimum Gasteiger partial charge on any atom is -0.465 e. The molecular weight excluding hydrogens is 275 g/mol. The minimum atomic E-state index is -1.43. The highest BCUT2D eigenvalue weighted by atomic mass is 35.5. The number of carbonyl (C=O) groups is 2.